The molecule has 1 aliphatic rings. The van der Waals surface area contributed by atoms with E-state index in [4.69, 9.17) is 16.3 Å². The quantitative estimate of drug-likeness (QED) is 0.869. The summed E-state index contributed by atoms with van der Waals surface area (Å²) in [6, 6.07) is 7.82. The zero-order valence-corrected chi connectivity index (χ0v) is 14.1. The van der Waals surface area contributed by atoms with Gasteiger partial charge in [0.2, 0.25) is 5.91 Å². The van der Waals surface area contributed by atoms with Gasteiger partial charge in [-0.25, -0.2) is 4.98 Å². The van der Waals surface area contributed by atoms with E-state index >= 15 is 0 Å². The van der Waals surface area contributed by atoms with E-state index in [2.05, 4.69) is 15.6 Å². The fourth-order valence-corrected chi connectivity index (χ4v) is 3.38. The van der Waals surface area contributed by atoms with Crippen molar-refractivity contribution in [1.82, 2.24) is 10.3 Å². The molecule has 2 heterocycles. The number of anilines is 1. The first-order chi connectivity index (χ1) is 11.2. The minimum absolute atomic E-state index is 0.0413. The molecule has 1 aromatic carbocycles. The molecule has 1 amide bonds. The number of hydrogen-bond acceptors (Lipinski definition) is 5. The number of carbonyl (C=O) groups excluding carboxylic acids is 1. The van der Waals surface area contributed by atoms with Crippen LogP contribution < -0.4 is 10.6 Å². The number of ether oxygens (including phenoxy) is 1. The van der Waals surface area contributed by atoms with Gasteiger partial charge in [-0.3, -0.25) is 4.79 Å². The van der Waals surface area contributed by atoms with Crippen molar-refractivity contribution in [2.75, 3.05) is 25.1 Å². The number of thiazole rings is 1. The number of benzene rings is 1. The van der Waals surface area contributed by atoms with Gasteiger partial charge >= 0.3 is 0 Å². The summed E-state index contributed by atoms with van der Waals surface area (Å²) in [6.07, 6.45) is 2.98. The Morgan fingerprint density at radius 3 is 3.00 bits per heavy atom. The summed E-state index contributed by atoms with van der Waals surface area (Å²) in [5.74, 6) is -0.0413. The Kier molecular flexibility index (Phi) is 5.61. The van der Waals surface area contributed by atoms with Gasteiger partial charge in [0, 0.05) is 41.5 Å². The second-order valence-corrected chi connectivity index (χ2v) is 6.96. The van der Waals surface area contributed by atoms with Crippen molar-refractivity contribution < 1.29 is 9.53 Å². The normalized spacial score (nSPS) is 17.9. The van der Waals surface area contributed by atoms with Crippen LogP contribution in [-0.4, -0.2) is 36.7 Å². The van der Waals surface area contributed by atoms with E-state index in [0.29, 0.717) is 24.8 Å². The van der Waals surface area contributed by atoms with Crippen molar-refractivity contribution in [3.63, 3.8) is 0 Å². The van der Waals surface area contributed by atoms with Crippen molar-refractivity contribution in [2.24, 2.45) is 0 Å². The molecule has 122 valence electrons. The molecule has 2 N–H and O–H groups in total. The molecule has 0 aliphatic carbocycles. The zero-order chi connectivity index (χ0) is 16.1. The minimum Gasteiger partial charge on any atom is -0.378 e. The molecular formula is C16H18ClN3O2S. The SMILES string of the molecule is O=C(CC1COCCN1)Nc1ncc(Cc2ccc(Cl)cc2)s1. The summed E-state index contributed by atoms with van der Waals surface area (Å²) in [6.45, 7) is 2.08. The van der Waals surface area contributed by atoms with Crippen molar-refractivity contribution in [2.45, 2.75) is 18.9 Å². The third-order valence-corrected chi connectivity index (χ3v) is 4.69. The Hall–Kier alpha value is -1.47. The van der Waals surface area contributed by atoms with Crippen LogP contribution in [0.2, 0.25) is 5.02 Å². The predicted molar refractivity (Wildman–Crippen MR) is 92.2 cm³/mol. The van der Waals surface area contributed by atoms with Gasteiger partial charge in [-0.1, -0.05) is 23.7 Å². The van der Waals surface area contributed by atoms with Gasteiger partial charge in [-0.15, -0.1) is 11.3 Å². The molecule has 1 unspecified atom stereocenters. The van der Waals surface area contributed by atoms with E-state index in [0.717, 1.165) is 22.9 Å². The second-order valence-electron chi connectivity index (χ2n) is 5.41. The monoisotopic (exact) mass is 351 g/mol. The van der Waals surface area contributed by atoms with Crippen LogP contribution >= 0.6 is 22.9 Å². The largest absolute Gasteiger partial charge is 0.378 e. The van der Waals surface area contributed by atoms with Crippen molar-refractivity contribution >= 4 is 34.0 Å². The highest BCUT2D eigenvalue weighted by atomic mass is 35.5. The Balaban J connectivity index is 1.52. The Labute approximate surface area is 144 Å². The van der Waals surface area contributed by atoms with Crippen LogP contribution in [-0.2, 0) is 16.0 Å². The van der Waals surface area contributed by atoms with E-state index < -0.39 is 0 Å². The highest BCUT2D eigenvalue weighted by Gasteiger charge is 2.17. The van der Waals surface area contributed by atoms with Crippen molar-refractivity contribution in [1.29, 1.82) is 0 Å². The second kappa shape index (κ2) is 7.88. The topological polar surface area (TPSA) is 63.2 Å². The third-order valence-electron chi connectivity index (χ3n) is 3.52. The number of amides is 1. The number of nitrogens with zero attached hydrogens (tertiary/aromatic N) is 1. The lowest BCUT2D eigenvalue weighted by atomic mass is 10.1. The maximum atomic E-state index is 12.0. The van der Waals surface area contributed by atoms with E-state index in [-0.39, 0.29) is 11.9 Å². The van der Waals surface area contributed by atoms with Crippen LogP contribution in [0, 0.1) is 0 Å². The zero-order valence-electron chi connectivity index (χ0n) is 12.5. The standard InChI is InChI=1S/C16H18ClN3O2S/c17-12-3-1-11(2-4-12)7-14-9-19-16(23-14)20-15(21)8-13-10-22-6-5-18-13/h1-4,9,13,18H,5-8,10H2,(H,19,20,21). The molecular weight excluding hydrogens is 334 g/mol. The number of hydrogen-bond donors (Lipinski definition) is 2. The fraction of sp³-hybridized carbons (Fsp3) is 0.375. The molecule has 1 fully saturated rings. The van der Waals surface area contributed by atoms with Gasteiger partial charge in [0.05, 0.1) is 13.2 Å². The highest BCUT2D eigenvalue weighted by Crippen LogP contribution is 2.22. The summed E-state index contributed by atoms with van der Waals surface area (Å²) in [4.78, 5) is 17.4. The number of carbonyl (C=O) groups is 1. The van der Waals surface area contributed by atoms with Crippen LogP contribution in [0.15, 0.2) is 30.5 Å². The van der Waals surface area contributed by atoms with Crippen LogP contribution in [0.1, 0.15) is 16.9 Å². The first-order valence-corrected chi connectivity index (χ1v) is 8.68. The molecule has 1 aliphatic heterocycles. The van der Waals surface area contributed by atoms with Gasteiger partial charge < -0.3 is 15.4 Å². The van der Waals surface area contributed by atoms with Gasteiger partial charge in [-0.2, -0.15) is 0 Å². The van der Waals surface area contributed by atoms with Crippen LogP contribution in [0.4, 0.5) is 5.13 Å². The molecule has 23 heavy (non-hydrogen) atoms. The number of rotatable bonds is 5. The lowest BCUT2D eigenvalue weighted by molar-refractivity contribution is -0.117. The maximum Gasteiger partial charge on any atom is 0.227 e. The molecule has 0 saturated carbocycles. The van der Waals surface area contributed by atoms with E-state index in [9.17, 15) is 4.79 Å². The first-order valence-electron chi connectivity index (χ1n) is 7.49. The summed E-state index contributed by atoms with van der Waals surface area (Å²) in [5.41, 5.74) is 1.17. The van der Waals surface area contributed by atoms with Gasteiger partial charge in [0.25, 0.3) is 0 Å². The molecule has 0 radical (unpaired) electrons. The maximum absolute atomic E-state index is 12.0. The Bertz CT molecular complexity index is 654. The van der Waals surface area contributed by atoms with E-state index in [1.807, 2.05) is 24.3 Å². The van der Waals surface area contributed by atoms with E-state index in [1.165, 1.54) is 16.9 Å². The molecule has 0 bridgehead atoms. The molecule has 1 saturated heterocycles. The summed E-state index contributed by atoms with van der Waals surface area (Å²) < 4.78 is 5.35. The number of morpholine rings is 1. The molecule has 1 aromatic heterocycles. The van der Waals surface area contributed by atoms with Crippen LogP contribution in [0.3, 0.4) is 0 Å². The van der Waals surface area contributed by atoms with Crippen molar-refractivity contribution in [3.8, 4) is 0 Å². The number of aromatic nitrogens is 1. The number of nitrogens with one attached hydrogen (secondary N) is 2. The molecule has 0 spiro atoms. The van der Waals surface area contributed by atoms with Crippen molar-refractivity contribution in [3.05, 3.63) is 45.9 Å². The highest BCUT2D eigenvalue weighted by molar-refractivity contribution is 7.15. The lowest BCUT2D eigenvalue weighted by Gasteiger charge is -2.22. The summed E-state index contributed by atoms with van der Waals surface area (Å²) in [5, 5.41) is 7.48. The molecule has 7 heteroatoms. The molecule has 2 aromatic rings. The van der Waals surface area contributed by atoms with Gasteiger partial charge in [0.1, 0.15) is 0 Å². The van der Waals surface area contributed by atoms with Crippen LogP contribution in [0.5, 0.6) is 0 Å². The summed E-state index contributed by atoms with van der Waals surface area (Å²) in [7, 11) is 0. The van der Waals surface area contributed by atoms with Gasteiger partial charge in [-0.05, 0) is 17.7 Å². The third kappa shape index (κ3) is 5.00. The minimum atomic E-state index is -0.0413. The molecule has 1 atom stereocenters. The fourth-order valence-electron chi connectivity index (χ4n) is 2.40. The summed E-state index contributed by atoms with van der Waals surface area (Å²) >= 11 is 7.38. The molecule has 5 nitrogen and oxygen atoms in total. The lowest BCUT2D eigenvalue weighted by Crippen LogP contribution is -2.43. The first kappa shape index (κ1) is 16.4. The Morgan fingerprint density at radius 2 is 2.26 bits per heavy atom. The van der Waals surface area contributed by atoms with Gasteiger partial charge in [0.15, 0.2) is 5.13 Å². The van der Waals surface area contributed by atoms with Crippen LogP contribution in [0.25, 0.3) is 0 Å². The average Bonchev–Trinajstić information content (AvgIpc) is 2.97. The predicted octanol–water partition coefficient (Wildman–Crippen LogP) is 2.70. The van der Waals surface area contributed by atoms with E-state index in [1.54, 1.807) is 6.20 Å². The number of halogens is 1. The Morgan fingerprint density at radius 1 is 1.43 bits per heavy atom. The molecule has 3 rings (SSSR count). The average molecular weight is 352 g/mol. The smallest absolute Gasteiger partial charge is 0.227 e.